The fourth-order valence-electron chi connectivity index (χ4n) is 1.70. The Balaban J connectivity index is 2.23. The third kappa shape index (κ3) is 4.49. The quantitative estimate of drug-likeness (QED) is 0.616. The number of nitrogens with zero attached hydrogens (tertiary/aromatic N) is 1. The zero-order chi connectivity index (χ0) is 11.3. The van der Waals surface area contributed by atoms with Gasteiger partial charge in [-0.1, -0.05) is 15.9 Å². The van der Waals surface area contributed by atoms with Crippen LogP contribution in [0.4, 0.5) is 0 Å². The van der Waals surface area contributed by atoms with Crippen LogP contribution in [0.5, 0.6) is 0 Å². The topological polar surface area (TPSA) is 49.8 Å². The maximum atomic E-state index is 10.6. The van der Waals surface area contributed by atoms with Crippen LogP contribution in [0.3, 0.4) is 0 Å². The molecule has 15 heavy (non-hydrogen) atoms. The summed E-state index contributed by atoms with van der Waals surface area (Å²) in [5.41, 5.74) is 0. The minimum Gasteiger partial charge on any atom is -0.462 e. The van der Waals surface area contributed by atoms with E-state index in [-0.39, 0.29) is 12.6 Å². The molecular weight excluding hydrogens is 262 g/mol. The molecule has 1 heterocycles. The molecule has 1 rings (SSSR count). The number of alkyl halides is 1. The van der Waals surface area contributed by atoms with Gasteiger partial charge < -0.3 is 9.84 Å². The SMILES string of the molecule is CC(=O)OCC(O)N1CCC(CBr)CC1. The molecule has 1 aliphatic heterocycles. The summed E-state index contributed by atoms with van der Waals surface area (Å²) in [4.78, 5) is 12.5. The van der Waals surface area contributed by atoms with Crippen LogP contribution in [0.2, 0.25) is 0 Å². The van der Waals surface area contributed by atoms with Gasteiger partial charge in [-0.25, -0.2) is 0 Å². The summed E-state index contributed by atoms with van der Waals surface area (Å²) < 4.78 is 4.77. The first-order valence-corrected chi connectivity index (χ1v) is 6.37. The molecule has 1 saturated heterocycles. The Labute approximate surface area is 98.7 Å². The fourth-order valence-corrected chi connectivity index (χ4v) is 2.35. The minimum atomic E-state index is -0.648. The lowest BCUT2D eigenvalue weighted by molar-refractivity contribution is -0.149. The second kappa shape index (κ2) is 6.45. The van der Waals surface area contributed by atoms with Crippen LogP contribution >= 0.6 is 15.9 Å². The first-order chi connectivity index (χ1) is 7.13. The van der Waals surface area contributed by atoms with E-state index in [9.17, 15) is 9.90 Å². The summed E-state index contributed by atoms with van der Waals surface area (Å²) in [6.45, 7) is 3.18. The van der Waals surface area contributed by atoms with E-state index in [0.717, 1.165) is 31.3 Å². The Morgan fingerprint density at radius 3 is 2.67 bits per heavy atom. The van der Waals surface area contributed by atoms with Crippen molar-refractivity contribution in [3.63, 3.8) is 0 Å². The van der Waals surface area contributed by atoms with Gasteiger partial charge in [-0.15, -0.1) is 0 Å². The Bertz CT molecular complexity index is 205. The molecule has 1 unspecified atom stereocenters. The monoisotopic (exact) mass is 279 g/mol. The number of halogens is 1. The number of aliphatic hydroxyl groups is 1. The van der Waals surface area contributed by atoms with Crippen LogP contribution in [-0.4, -0.2) is 47.2 Å². The molecule has 0 aromatic heterocycles. The van der Waals surface area contributed by atoms with Crippen LogP contribution in [0.25, 0.3) is 0 Å². The molecule has 0 aromatic rings. The molecule has 0 radical (unpaired) electrons. The highest BCUT2D eigenvalue weighted by Gasteiger charge is 2.23. The van der Waals surface area contributed by atoms with E-state index in [0.29, 0.717) is 5.92 Å². The van der Waals surface area contributed by atoms with Crippen LogP contribution in [0, 0.1) is 5.92 Å². The Hall–Kier alpha value is -0.130. The molecule has 1 aliphatic rings. The van der Waals surface area contributed by atoms with Crippen LogP contribution in [0.1, 0.15) is 19.8 Å². The maximum absolute atomic E-state index is 10.6. The van der Waals surface area contributed by atoms with Crippen molar-refractivity contribution in [2.75, 3.05) is 25.0 Å². The molecule has 88 valence electrons. The standard InChI is InChI=1S/C10H18BrNO3/c1-8(13)15-7-10(14)12-4-2-9(6-11)3-5-12/h9-10,14H,2-7H2,1H3. The maximum Gasteiger partial charge on any atom is 0.302 e. The van der Waals surface area contributed by atoms with Gasteiger partial charge in [-0.05, 0) is 18.8 Å². The zero-order valence-corrected chi connectivity index (χ0v) is 10.6. The number of aliphatic hydroxyl groups excluding tert-OH is 1. The lowest BCUT2D eigenvalue weighted by Gasteiger charge is -2.34. The molecule has 4 nitrogen and oxygen atoms in total. The van der Waals surface area contributed by atoms with E-state index < -0.39 is 6.23 Å². The number of likely N-dealkylation sites (tertiary alicyclic amines) is 1. The van der Waals surface area contributed by atoms with E-state index in [1.165, 1.54) is 6.92 Å². The van der Waals surface area contributed by atoms with E-state index in [2.05, 4.69) is 15.9 Å². The number of ether oxygens (including phenoxy) is 1. The second-order valence-electron chi connectivity index (χ2n) is 3.92. The number of hydrogen-bond acceptors (Lipinski definition) is 4. The van der Waals surface area contributed by atoms with Gasteiger partial charge in [-0.3, -0.25) is 9.69 Å². The van der Waals surface area contributed by atoms with Gasteiger partial charge in [0.05, 0.1) is 0 Å². The number of piperidine rings is 1. The van der Waals surface area contributed by atoms with Gasteiger partial charge in [-0.2, -0.15) is 0 Å². The number of rotatable bonds is 4. The van der Waals surface area contributed by atoms with E-state index in [1.807, 2.05) is 4.90 Å². The van der Waals surface area contributed by atoms with Crippen LogP contribution in [0.15, 0.2) is 0 Å². The smallest absolute Gasteiger partial charge is 0.302 e. The van der Waals surface area contributed by atoms with Gasteiger partial charge >= 0.3 is 5.97 Å². The van der Waals surface area contributed by atoms with E-state index in [4.69, 9.17) is 4.74 Å². The second-order valence-corrected chi connectivity index (χ2v) is 4.56. The summed E-state index contributed by atoms with van der Waals surface area (Å²) in [6, 6.07) is 0. The molecular formula is C10H18BrNO3. The average molecular weight is 280 g/mol. The largest absolute Gasteiger partial charge is 0.462 e. The summed E-state index contributed by atoms with van der Waals surface area (Å²) in [6.07, 6.45) is 1.52. The normalized spacial score (nSPS) is 21.3. The molecule has 1 N–H and O–H groups in total. The minimum absolute atomic E-state index is 0.0777. The fraction of sp³-hybridized carbons (Fsp3) is 0.900. The van der Waals surface area contributed by atoms with Crippen molar-refractivity contribution in [3.05, 3.63) is 0 Å². The Morgan fingerprint density at radius 1 is 1.60 bits per heavy atom. The van der Waals surface area contributed by atoms with Crippen molar-refractivity contribution in [2.24, 2.45) is 5.92 Å². The highest BCUT2D eigenvalue weighted by molar-refractivity contribution is 9.09. The van der Waals surface area contributed by atoms with Gasteiger partial charge in [0.15, 0.2) is 0 Å². The van der Waals surface area contributed by atoms with Gasteiger partial charge in [0.2, 0.25) is 0 Å². The molecule has 0 aromatic carbocycles. The number of carbonyl (C=O) groups is 1. The molecule has 0 bridgehead atoms. The molecule has 0 saturated carbocycles. The van der Waals surface area contributed by atoms with Crippen molar-refractivity contribution in [2.45, 2.75) is 26.0 Å². The zero-order valence-electron chi connectivity index (χ0n) is 8.99. The van der Waals surface area contributed by atoms with Gasteiger partial charge in [0.1, 0.15) is 12.8 Å². The predicted molar refractivity (Wildman–Crippen MR) is 60.7 cm³/mol. The van der Waals surface area contributed by atoms with Gasteiger partial charge in [0.25, 0.3) is 0 Å². The number of carbonyl (C=O) groups excluding carboxylic acids is 1. The molecule has 0 aliphatic carbocycles. The van der Waals surface area contributed by atoms with Crippen molar-refractivity contribution >= 4 is 21.9 Å². The third-order valence-electron chi connectivity index (χ3n) is 2.72. The molecule has 5 heteroatoms. The molecule has 0 amide bonds. The van der Waals surface area contributed by atoms with Gasteiger partial charge in [0, 0.05) is 25.3 Å². The Kier molecular flexibility index (Phi) is 5.56. The summed E-state index contributed by atoms with van der Waals surface area (Å²) in [5, 5.41) is 10.7. The first kappa shape index (κ1) is 12.9. The van der Waals surface area contributed by atoms with Crippen molar-refractivity contribution in [1.82, 2.24) is 4.90 Å². The predicted octanol–water partition coefficient (Wildman–Crippen LogP) is 0.975. The first-order valence-electron chi connectivity index (χ1n) is 5.25. The third-order valence-corrected chi connectivity index (χ3v) is 3.64. The summed E-state index contributed by atoms with van der Waals surface area (Å²) in [7, 11) is 0. The van der Waals surface area contributed by atoms with Crippen LogP contribution in [-0.2, 0) is 9.53 Å². The number of esters is 1. The average Bonchev–Trinajstić information content (AvgIpc) is 2.26. The highest BCUT2D eigenvalue weighted by Crippen LogP contribution is 2.20. The molecule has 0 spiro atoms. The van der Waals surface area contributed by atoms with Crippen molar-refractivity contribution < 1.29 is 14.6 Å². The molecule has 1 atom stereocenters. The number of hydrogen-bond donors (Lipinski definition) is 1. The summed E-state index contributed by atoms with van der Waals surface area (Å²) >= 11 is 3.47. The Morgan fingerprint density at radius 2 is 2.20 bits per heavy atom. The van der Waals surface area contributed by atoms with Crippen LogP contribution < -0.4 is 0 Å². The van der Waals surface area contributed by atoms with E-state index in [1.54, 1.807) is 0 Å². The highest BCUT2D eigenvalue weighted by atomic mass is 79.9. The lowest BCUT2D eigenvalue weighted by atomic mass is 9.99. The van der Waals surface area contributed by atoms with Crippen molar-refractivity contribution in [3.8, 4) is 0 Å². The molecule has 1 fully saturated rings. The van der Waals surface area contributed by atoms with Crippen molar-refractivity contribution in [1.29, 1.82) is 0 Å². The summed E-state index contributed by atoms with van der Waals surface area (Å²) in [5.74, 6) is 0.367. The lowest BCUT2D eigenvalue weighted by Crippen LogP contribution is -2.44. The van der Waals surface area contributed by atoms with E-state index >= 15 is 0 Å².